The van der Waals surface area contributed by atoms with Gasteiger partial charge in [0.15, 0.2) is 8.68 Å². The minimum absolute atomic E-state index is 0.139. The summed E-state index contributed by atoms with van der Waals surface area (Å²) in [5, 5.41) is 8.66. The molecule has 8 nitrogen and oxygen atoms in total. The lowest BCUT2D eigenvalue weighted by Crippen LogP contribution is -2.21. The van der Waals surface area contributed by atoms with Crippen LogP contribution in [-0.2, 0) is 6.42 Å². The highest BCUT2D eigenvalue weighted by molar-refractivity contribution is 9.10. The highest BCUT2D eigenvalue weighted by atomic mass is 79.9. The molecule has 0 aliphatic carbocycles. The van der Waals surface area contributed by atoms with Crippen molar-refractivity contribution in [2.45, 2.75) is 35.9 Å². The second kappa shape index (κ2) is 6.51. The number of aryl methyl sites for hydroxylation is 2. The van der Waals surface area contributed by atoms with Gasteiger partial charge in [-0.15, -0.1) is 10.2 Å². The summed E-state index contributed by atoms with van der Waals surface area (Å²) in [5.41, 5.74) is 1.63. The van der Waals surface area contributed by atoms with Crippen LogP contribution in [0.1, 0.15) is 23.9 Å². The summed E-state index contributed by atoms with van der Waals surface area (Å²) in [6.45, 7) is 5.52. The van der Waals surface area contributed by atoms with Crippen molar-refractivity contribution in [2.75, 3.05) is 0 Å². The number of halogens is 1. The molecule has 0 fully saturated rings. The van der Waals surface area contributed by atoms with Gasteiger partial charge in [0.05, 0.1) is 5.69 Å². The average Bonchev–Trinajstić information content (AvgIpc) is 3.17. The average molecular weight is 471 g/mol. The molecule has 0 radical (unpaired) electrons. The molecule has 0 aliphatic rings. The largest absolute Gasteiger partial charge is 0.289 e. The zero-order valence-electron chi connectivity index (χ0n) is 13.8. The maximum atomic E-state index is 12.5. The number of nitrogens with zero attached hydrogens (tertiary/aromatic N) is 6. The third kappa shape index (κ3) is 2.80. The summed E-state index contributed by atoms with van der Waals surface area (Å²) in [7, 11) is 0. The van der Waals surface area contributed by atoms with E-state index in [1.165, 1.54) is 43.5 Å². The molecule has 4 aromatic rings. The van der Waals surface area contributed by atoms with Crippen molar-refractivity contribution < 1.29 is 0 Å². The molecule has 0 bridgehead atoms. The lowest BCUT2D eigenvalue weighted by Gasteiger charge is -1.99. The van der Waals surface area contributed by atoms with Gasteiger partial charge in [0.1, 0.15) is 4.47 Å². The molecular formula is C14H11BrN6O2S3. The molecule has 0 unspecified atom stereocenters. The summed E-state index contributed by atoms with van der Waals surface area (Å²) in [6, 6.07) is 0. The van der Waals surface area contributed by atoms with Crippen LogP contribution in [0.4, 0.5) is 0 Å². The predicted octanol–water partition coefficient (Wildman–Crippen LogP) is 2.71. The Labute approximate surface area is 167 Å². The van der Waals surface area contributed by atoms with Gasteiger partial charge in [-0.1, -0.05) is 29.6 Å². The number of rotatable bonds is 3. The van der Waals surface area contributed by atoms with Crippen LogP contribution < -0.4 is 11.1 Å². The zero-order valence-corrected chi connectivity index (χ0v) is 17.8. The normalized spacial score (nSPS) is 11.7. The van der Waals surface area contributed by atoms with E-state index in [-0.39, 0.29) is 11.1 Å². The maximum absolute atomic E-state index is 12.5. The lowest BCUT2D eigenvalue weighted by atomic mass is 10.2. The van der Waals surface area contributed by atoms with Crippen molar-refractivity contribution in [3.63, 3.8) is 0 Å². The summed E-state index contributed by atoms with van der Waals surface area (Å²) in [5.74, 6) is 0. The molecule has 0 aliphatic heterocycles. The number of fused-ring (bicyclic) bond motifs is 2. The van der Waals surface area contributed by atoms with Gasteiger partial charge in [-0.25, -0.2) is 9.97 Å². The Morgan fingerprint density at radius 2 is 1.50 bits per heavy atom. The van der Waals surface area contributed by atoms with Gasteiger partial charge in [-0.2, -0.15) is 9.03 Å². The van der Waals surface area contributed by atoms with E-state index in [2.05, 4.69) is 36.1 Å². The van der Waals surface area contributed by atoms with Crippen LogP contribution in [0.15, 0.2) is 22.7 Å². The van der Waals surface area contributed by atoms with Crippen LogP contribution >= 0.6 is 50.4 Å². The maximum Gasteiger partial charge on any atom is 0.289 e. The van der Waals surface area contributed by atoms with E-state index in [0.29, 0.717) is 40.8 Å². The van der Waals surface area contributed by atoms with Crippen LogP contribution in [0, 0.1) is 13.8 Å². The highest BCUT2D eigenvalue weighted by Crippen LogP contribution is 2.33. The molecule has 0 atom stereocenters. The summed E-state index contributed by atoms with van der Waals surface area (Å²) in [6.07, 6.45) is 0.612. The van der Waals surface area contributed by atoms with Crippen molar-refractivity contribution in [3.05, 3.63) is 42.1 Å². The monoisotopic (exact) mass is 470 g/mol. The van der Waals surface area contributed by atoms with E-state index >= 15 is 0 Å². The van der Waals surface area contributed by atoms with Crippen molar-refractivity contribution in [3.8, 4) is 0 Å². The standard InChI is InChI=1S/C14H11BrN6O2S3/c1-4-7-5(2)16-11-20(9(7)22)18-13(24-11)26-14-19-21-10(23)8(15)6(3)17-12(21)25-14/h4H2,1-3H3. The molecule has 0 amide bonds. The Morgan fingerprint density at radius 1 is 0.962 bits per heavy atom. The second-order valence-electron chi connectivity index (χ2n) is 5.38. The Kier molecular flexibility index (Phi) is 4.45. The molecule has 26 heavy (non-hydrogen) atoms. The number of hydrogen-bond donors (Lipinski definition) is 0. The Balaban J connectivity index is 1.79. The van der Waals surface area contributed by atoms with Crippen LogP contribution in [-0.4, -0.2) is 29.2 Å². The van der Waals surface area contributed by atoms with Gasteiger partial charge in [-0.3, -0.25) is 9.59 Å². The zero-order chi connectivity index (χ0) is 18.6. The molecule has 134 valence electrons. The summed E-state index contributed by atoms with van der Waals surface area (Å²) in [4.78, 5) is 34.6. The third-order valence-corrected chi connectivity index (χ3v) is 7.55. The molecule has 0 aromatic carbocycles. The van der Waals surface area contributed by atoms with E-state index < -0.39 is 0 Å². The number of hydrogen-bond acceptors (Lipinski definition) is 9. The molecule has 12 heteroatoms. The van der Waals surface area contributed by atoms with E-state index in [4.69, 9.17) is 0 Å². The van der Waals surface area contributed by atoms with E-state index in [1.807, 2.05) is 13.8 Å². The lowest BCUT2D eigenvalue weighted by molar-refractivity contribution is 0.820. The first kappa shape index (κ1) is 17.8. The number of aromatic nitrogens is 6. The van der Waals surface area contributed by atoms with Gasteiger partial charge in [0, 0.05) is 11.3 Å². The third-order valence-electron chi connectivity index (χ3n) is 3.72. The molecule has 4 heterocycles. The van der Waals surface area contributed by atoms with Gasteiger partial charge < -0.3 is 0 Å². The van der Waals surface area contributed by atoms with Gasteiger partial charge in [-0.05, 0) is 48.0 Å². The second-order valence-corrected chi connectivity index (χ2v) is 9.58. The minimum atomic E-state index is -0.249. The summed E-state index contributed by atoms with van der Waals surface area (Å²) >= 11 is 7.13. The fourth-order valence-corrected chi connectivity index (χ4v) is 5.84. The minimum Gasteiger partial charge on any atom is -0.267 e. The Hall–Kier alpha value is -1.63. The van der Waals surface area contributed by atoms with Crippen molar-refractivity contribution in [1.82, 2.24) is 29.2 Å². The topological polar surface area (TPSA) is 94.5 Å². The SMILES string of the molecule is CCc1c(C)nc2sc(Sc3nn4c(=O)c(Br)c(C)nc4s3)nn2c1=O. The van der Waals surface area contributed by atoms with E-state index in [0.717, 1.165) is 5.69 Å². The molecule has 0 spiro atoms. The van der Waals surface area contributed by atoms with Crippen molar-refractivity contribution >= 4 is 60.3 Å². The van der Waals surface area contributed by atoms with Gasteiger partial charge in [0.2, 0.25) is 9.92 Å². The van der Waals surface area contributed by atoms with Crippen LogP contribution in [0.3, 0.4) is 0 Å². The van der Waals surface area contributed by atoms with E-state index in [9.17, 15) is 9.59 Å². The molecule has 0 saturated carbocycles. The first-order chi connectivity index (χ1) is 12.4. The van der Waals surface area contributed by atoms with E-state index in [1.54, 1.807) is 6.92 Å². The van der Waals surface area contributed by atoms with Gasteiger partial charge >= 0.3 is 0 Å². The first-order valence-electron chi connectivity index (χ1n) is 7.52. The quantitative estimate of drug-likeness (QED) is 0.454. The van der Waals surface area contributed by atoms with Crippen LogP contribution in [0.5, 0.6) is 0 Å². The first-order valence-corrected chi connectivity index (χ1v) is 10.8. The Morgan fingerprint density at radius 3 is 2.08 bits per heavy atom. The van der Waals surface area contributed by atoms with Crippen LogP contribution in [0.2, 0.25) is 0 Å². The molecular weight excluding hydrogens is 460 g/mol. The van der Waals surface area contributed by atoms with Crippen molar-refractivity contribution in [2.24, 2.45) is 0 Å². The van der Waals surface area contributed by atoms with Crippen LogP contribution in [0.25, 0.3) is 9.92 Å². The Bertz CT molecular complexity index is 1290. The smallest absolute Gasteiger partial charge is 0.267 e. The molecule has 4 aromatic heterocycles. The fraction of sp³-hybridized carbons (Fsp3) is 0.286. The molecule has 0 N–H and O–H groups in total. The fourth-order valence-electron chi connectivity index (χ4n) is 2.44. The predicted molar refractivity (Wildman–Crippen MR) is 105 cm³/mol. The van der Waals surface area contributed by atoms with Crippen molar-refractivity contribution in [1.29, 1.82) is 0 Å². The molecule has 0 saturated heterocycles. The summed E-state index contributed by atoms with van der Waals surface area (Å²) < 4.78 is 4.24. The highest BCUT2D eigenvalue weighted by Gasteiger charge is 2.17. The molecule has 4 rings (SSSR count). The van der Waals surface area contributed by atoms with Gasteiger partial charge in [0.25, 0.3) is 11.1 Å².